The van der Waals surface area contributed by atoms with E-state index in [2.05, 4.69) is 15.9 Å². The van der Waals surface area contributed by atoms with Crippen LogP contribution in [0, 0.1) is 0 Å². The molecule has 0 aliphatic heterocycles. The molecule has 0 saturated heterocycles. The Hall–Kier alpha value is -0.390. The SMILES string of the molecule is CCOP(=O)(OCC)C(OC)c1ccc(Br)c(OC)c1. The van der Waals surface area contributed by atoms with Gasteiger partial charge in [-0.15, -0.1) is 0 Å². The molecule has 0 spiro atoms. The van der Waals surface area contributed by atoms with Gasteiger partial charge in [0.1, 0.15) is 5.75 Å². The molecule has 0 saturated carbocycles. The highest BCUT2D eigenvalue weighted by molar-refractivity contribution is 9.10. The van der Waals surface area contributed by atoms with Crippen molar-refractivity contribution in [3.8, 4) is 5.75 Å². The van der Waals surface area contributed by atoms with Crippen LogP contribution in [0.2, 0.25) is 0 Å². The van der Waals surface area contributed by atoms with Crippen LogP contribution in [-0.2, 0) is 18.3 Å². The highest BCUT2D eigenvalue weighted by Crippen LogP contribution is 2.61. The van der Waals surface area contributed by atoms with E-state index in [-0.39, 0.29) is 13.2 Å². The summed E-state index contributed by atoms with van der Waals surface area (Å²) in [5, 5.41) is 0. The van der Waals surface area contributed by atoms with Crippen LogP contribution in [0.5, 0.6) is 5.75 Å². The number of benzene rings is 1. The lowest BCUT2D eigenvalue weighted by molar-refractivity contribution is 0.109. The number of methoxy groups -OCH3 is 2. The zero-order chi connectivity index (χ0) is 15.2. The van der Waals surface area contributed by atoms with Crippen LogP contribution in [0.3, 0.4) is 0 Å². The van der Waals surface area contributed by atoms with E-state index >= 15 is 0 Å². The summed E-state index contributed by atoms with van der Waals surface area (Å²) in [5.41, 5.74) is 0.679. The molecule has 1 aromatic rings. The van der Waals surface area contributed by atoms with E-state index in [4.69, 9.17) is 18.5 Å². The molecule has 0 aromatic heterocycles. The summed E-state index contributed by atoms with van der Waals surface area (Å²) in [5.74, 6) is -0.159. The second-order valence-electron chi connectivity index (χ2n) is 3.86. The van der Waals surface area contributed by atoms with Crippen molar-refractivity contribution in [2.24, 2.45) is 0 Å². The average Bonchev–Trinajstić information content (AvgIpc) is 2.41. The Labute approximate surface area is 128 Å². The zero-order valence-electron chi connectivity index (χ0n) is 12.1. The summed E-state index contributed by atoms with van der Waals surface area (Å²) in [6, 6.07) is 5.36. The fourth-order valence-corrected chi connectivity index (χ4v) is 4.07. The van der Waals surface area contributed by atoms with Gasteiger partial charge in [-0.05, 0) is 47.5 Å². The van der Waals surface area contributed by atoms with Gasteiger partial charge in [0, 0.05) is 7.11 Å². The molecule has 1 unspecified atom stereocenters. The quantitative estimate of drug-likeness (QED) is 0.639. The van der Waals surface area contributed by atoms with Gasteiger partial charge in [-0.3, -0.25) is 4.57 Å². The van der Waals surface area contributed by atoms with Crippen molar-refractivity contribution in [1.29, 1.82) is 0 Å². The highest BCUT2D eigenvalue weighted by Gasteiger charge is 2.37. The second-order valence-corrected chi connectivity index (χ2v) is 6.78. The predicted octanol–water partition coefficient (Wildman–Crippen LogP) is 4.37. The Balaban J connectivity index is 3.19. The Morgan fingerprint density at radius 1 is 1.20 bits per heavy atom. The monoisotopic (exact) mass is 366 g/mol. The summed E-state index contributed by atoms with van der Waals surface area (Å²) in [6.45, 7) is 4.09. The lowest BCUT2D eigenvalue weighted by Gasteiger charge is -2.25. The molecule has 0 aliphatic carbocycles. The van der Waals surface area contributed by atoms with Crippen LogP contribution in [0.15, 0.2) is 22.7 Å². The third-order valence-corrected chi connectivity index (χ3v) is 5.56. The molecule has 0 heterocycles. The van der Waals surface area contributed by atoms with Crippen molar-refractivity contribution >= 4 is 23.5 Å². The van der Waals surface area contributed by atoms with Gasteiger partial charge in [0.15, 0.2) is 5.85 Å². The average molecular weight is 367 g/mol. The number of hydrogen-bond donors (Lipinski definition) is 0. The third kappa shape index (κ3) is 4.06. The first-order valence-corrected chi connectivity index (χ1v) is 8.67. The van der Waals surface area contributed by atoms with Crippen molar-refractivity contribution in [2.45, 2.75) is 19.7 Å². The van der Waals surface area contributed by atoms with Gasteiger partial charge in [-0.25, -0.2) is 0 Å². The first-order chi connectivity index (χ1) is 9.52. The smallest absolute Gasteiger partial charge is 0.363 e. The Kier molecular flexibility index (Phi) is 7.20. The molecular weight excluding hydrogens is 347 g/mol. The predicted molar refractivity (Wildman–Crippen MR) is 81.3 cm³/mol. The van der Waals surface area contributed by atoms with Crippen LogP contribution in [0.1, 0.15) is 25.3 Å². The molecule has 1 atom stereocenters. The Bertz CT molecular complexity index is 470. The van der Waals surface area contributed by atoms with Crippen LogP contribution >= 0.6 is 23.5 Å². The normalized spacial score (nSPS) is 13.2. The van der Waals surface area contributed by atoms with Gasteiger partial charge in [-0.1, -0.05) is 6.07 Å². The molecule has 0 N–H and O–H groups in total. The first kappa shape index (κ1) is 17.7. The van der Waals surface area contributed by atoms with Crippen molar-refractivity contribution in [2.75, 3.05) is 27.4 Å². The van der Waals surface area contributed by atoms with Gasteiger partial charge in [0.2, 0.25) is 0 Å². The Morgan fingerprint density at radius 3 is 2.25 bits per heavy atom. The molecule has 114 valence electrons. The number of halogens is 1. The van der Waals surface area contributed by atoms with E-state index < -0.39 is 13.4 Å². The zero-order valence-corrected chi connectivity index (χ0v) is 14.6. The molecule has 0 fully saturated rings. The third-order valence-electron chi connectivity index (χ3n) is 2.59. The fraction of sp³-hybridized carbons (Fsp3) is 0.538. The summed E-state index contributed by atoms with van der Waals surface area (Å²) in [4.78, 5) is 0. The minimum atomic E-state index is -3.39. The van der Waals surface area contributed by atoms with Crippen LogP contribution in [-0.4, -0.2) is 27.4 Å². The molecular formula is C13H20BrO5P. The summed E-state index contributed by atoms with van der Waals surface area (Å²) in [6.07, 6.45) is 0. The number of ether oxygens (including phenoxy) is 2. The van der Waals surface area contributed by atoms with Crippen molar-refractivity contribution in [3.05, 3.63) is 28.2 Å². The molecule has 1 rings (SSSR count). The van der Waals surface area contributed by atoms with Gasteiger partial charge in [0.25, 0.3) is 0 Å². The van der Waals surface area contributed by atoms with E-state index in [0.717, 1.165) is 4.47 Å². The number of rotatable bonds is 8. The molecule has 0 aliphatic rings. The summed E-state index contributed by atoms with van der Waals surface area (Å²) >= 11 is 3.38. The maximum absolute atomic E-state index is 12.8. The van der Waals surface area contributed by atoms with Crippen molar-refractivity contribution in [3.63, 3.8) is 0 Å². The van der Waals surface area contributed by atoms with Crippen LogP contribution < -0.4 is 4.74 Å². The van der Waals surface area contributed by atoms with Gasteiger partial charge < -0.3 is 18.5 Å². The lowest BCUT2D eigenvalue weighted by atomic mass is 10.2. The lowest BCUT2D eigenvalue weighted by Crippen LogP contribution is -2.09. The highest BCUT2D eigenvalue weighted by atomic mass is 79.9. The van der Waals surface area contributed by atoms with Gasteiger partial charge in [0.05, 0.1) is 24.8 Å². The van der Waals surface area contributed by atoms with Crippen molar-refractivity contribution < 1.29 is 23.1 Å². The van der Waals surface area contributed by atoms with E-state index in [1.54, 1.807) is 33.1 Å². The van der Waals surface area contributed by atoms with Crippen LogP contribution in [0.4, 0.5) is 0 Å². The van der Waals surface area contributed by atoms with Gasteiger partial charge >= 0.3 is 7.60 Å². The fourth-order valence-electron chi connectivity index (χ4n) is 1.81. The van der Waals surface area contributed by atoms with Crippen molar-refractivity contribution in [1.82, 2.24) is 0 Å². The van der Waals surface area contributed by atoms with Crippen LogP contribution in [0.25, 0.3) is 0 Å². The maximum Gasteiger partial charge on any atom is 0.363 e. The molecule has 20 heavy (non-hydrogen) atoms. The van der Waals surface area contributed by atoms with E-state index in [0.29, 0.717) is 11.3 Å². The molecule has 5 nitrogen and oxygen atoms in total. The Morgan fingerprint density at radius 2 is 1.80 bits per heavy atom. The minimum absolute atomic E-state index is 0.283. The topological polar surface area (TPSA) is 54.0 Å². The standard InChI is InChI=1S/C13H20BrO5P/c1-5-18-20(15,19-6-2)13(17-4)10-7-8-11(14)12(9-10)16-3/h7-9,13H,5-6H2,1-4H3. The molecule has 7 heteroatoms. The molecule has 0 amide bonds. The second kappa shape index (κ2) is 8.15. The minimum Gasteiger partial charge on any atom is -0.496 e. The van der Waals surface area contributed by atoms with E-state index in [9.17, 15) is 4.57 Å². The van der Waals surface area contributed by atoms with E-state index in [1.807, 2.05) is 6.07 Å². The molecule has 1 aromatic carbocycles. The summed E-state index contributed by atoms with van der Waals surface area (Å²) < 4.78 is 34.9. The largest absolute Gasteiger partial charge is 0.496 e. The van der Waals surface area contributed by atoms with Gasteiger partial charge in [-0.2, -0.15) is 0 Å². The summed E-state index contributed by atoms with van der Waals surface area (Å²) in [7, 11) is -0.348. The molecule has 0 bridgehead atoms. The molecule has 0 radical (unpaired) electrons. The maximum atomic E-state index is 12.8. The number of hydrogen-bond acceptors (Lipinski definition) is 5. The van der Waals surface area contributed by atoms with E-state index in [1.165, 1.54) is 7.11 Å². The first-order valence-electron chi connectivity index (χ1n) is 6.27.